The van der Waals surface area contributed by atoms with Crippen molar-refractivity contribution in [2.75, 3.05) is 20.1 Å². The summed E-state index contributed by atoms with van der Waals surface area (Å²) >= 11 is 2.46. The van der Waals surface area contributed by atoms with E-state index in [4.69, 9.17) is 9.72 Å². The van der Waals surface area contributed by atoms with Crippen molar-refractivity contribution in [2.24, 2.45) is 0 Å². The van der Waals surface area contributed by atoms with Gasteiger partial charge in [-0.05, 0) is 60.0 Å². The molecule has 5 heteroatoms. The molecule has 0 radical (unpaired) electrons. The average Bonchev–Trinajstić information content (AvgIpc) is 3.00. The molecule has 2 aliphatic heterocycles. The van der Waals surface area contributed by atoms with Crippen LogP contribution in [0.3, 0.4) is 0 Å². The van der Waals surface area contributed by atoms with E-state index in [0.717, 1.165) is 50.4 Å². The number of likely N-dealkylation sites (tertiary alicyclic amines) is 1. The summed E-state index contributed by atoms with van der Waals surface area (Å²) in [5, 5.41) is 0. The van der Waals surface area contributed by atoms with E-state index in [1.807, 2.05) is 0 Å². The van der Waals surface area contributed by atoms with Crippen LogP contribution in [-0.4, -0.2) is 40.7 Å². The standard InChI is InChI=1S/C24H26IN3O/c1-27-14-12-19(13-15-27)29-22-20-10-6-5-7-17(20)11-16-28-23(25)21(26-24(22)28)18-8-3-2-4-9-18/h2-10,19,22H,11-16H2,1H3. The molecule has 5 rings (SSSR count). The first kappa shape index (κ1) is 19.3. The molecule has 1 aromatic heterocycles. The van der Waals surface area contributed by atoms with Gasteiger partial charge in [-0.3, -0.25) is 0 Å². The summed E-state index contributed by atoms with van der Waals surface area (Å²) in [6.45, 7) is 3.14. The number of halogens is 1. The lowest BCUT2D eigenvalue weighted by atomic mass is 10.00. The highest BCUT2D eigenvalue weighted by molar-refractivity contribution is 14.1. The van der Waals surface area contributed by atoms with Crippen LogP contribution in [0.5, 0.6) is 0 Å². The van der Waals surface area contributed by atoms with Crippen molar-refractivity contribution in [3.05, 3.63) is 75.2 Å². The summed E-state index contributed by atoms with van der Waals surface area (Å²) < 4.78 is 10.4. The summed E-state index contributed by atoms with van der Waals surface area (Å²) in [6.07, 6.45) is 3.35. The van der Waals surface area contributed by atoms with Gasteiger partial charge in [-0.15, -0.1) is 0 Å². The molecule has 0 amide bonds. The molecule has 0 saturated carbocycles. The third-order valence-corrected chi connectivity index (χ3v) is 7.25. The Morgan fingerprint density at radius 1 is 0.966 bits per heavy atom. The van der Waals surface area contributed by atoms with Crippen LogP contribution in [0.2, 0.25) is 0 Å². The number of hydrogen-bond donors (Lipinski definition) is 0. The summed E-state index contributed by atoms with van der Waals surface area (Å²) in [4.78, 5) is 7.55. The summed E-state index contributed by atoms with van der Waals surface area (Å²) in [6, 6.07) is 19.3. The number of fused-ring (bicyclic) bond motifs is 2. The van der Waals surface area contributed by atoms with Crippen molar-refractivity contribution in [2.45, 2.75) is 38.0 Å². The van der Waals surface area contributed by atoms with Crippen LogP contribution < -0.4 is 0 Å². The predicted octanol–water partition coefficient (Wildman–Crippen LogP) is 4.91. The Hall–Kier alpha value is -1.70. The molecule has 2 aliphatic rings. The van der Waals surface area contributed by atoms with Gasteiger partial charge < -0.3 is 14.2 Å². The lowest BCUT2D eigenvalue weighted by molar-refractivity contribution is -0.0276. The maximum atomic E-state index is 6.80. The molecule has 0 spiro atoms. The lowest BCUT2D eigenvalue weighted by Gasteiger charge is -2.32. The Balaban J connectivity index is 1.57. The molecule has 29 heavy (non-hydrogen) atoms. The number of piperidine rings is 1. The van der Waals surface area contributed by atoms with Crippen LogP contribution >= 0.6 is 22.6 Å². The van der Waals surface area contributed by atoms with Crippen molar-refractivity contribution >= 4 is 22.6 Å². The second-order valence-electron chi connectivity index (χ2n) is 8.09. The van der Waals surface area contributed by atoms with Crippen molar-refractivity contribution < 1.29 is 4.74 Å². The van der Waals surface area contributed by atoms with Gasteiger partial charge in [0.05, 0.1) is 6.10 Å². The minimum atomic E-state index is -0.104. The maximum Gasteiger partial charge on any atom is 0.144 e. The van der Waals surface area contributed by atoms with Crippen LogP contribution in [0.15, 0.2) is 54.6 Å². The van der Waals surface area contributed by atoms with Crippen molar-refractivity contribution in [3.8, 4) is 11.3 Å². The quantitative estimate of drug-likeness (QED) is 0.480. The lowest BCUT2D eigenvalue weighted by Crippen LogP contribution is -2.35. The number of nitrogens with zero attached hydrogens (tertiary/aromatic N) is 3. The second kappa shape index (κ2) is 8.20. The average molecular weight is 499 g/mol. The number of benzene rings is 2. The van der Waals surface area contributed by atoms with Crippen LogP contribution in [0.25, 0.3) is 11.3 Å². The zero-order chi connectivity index (χ0) is 19.8. The number of hydrogen-bond acceptors (Lipinski definition) is 3. The summed E-state index contributed by atoms with van der Waals surface area (Å²) in [7, 11) is 2.19. The van der Waals surface area contributed by atoms with Gasteiger partial charge in [0.15, 0.2) is 0 Å². The van der Waals surface area contributed by atoms with E-state index < -0.39 is 0 Å². The van der Waals surface area contributed by atoms with E-state index in [9.17, 15) is 0 Å². The van der Waals surface area contributed by atoms with Gasteiger partial charge in [0, 0.05) is 25.2 Å². The fraction of sp³-hybridized carbons (Fsp3) is 0.375. The van der Waals surface area contributed by atoms with Gasteiger partial charge >= 0.3 is 0 Å². The molecule has 3 aromatic rings. The Morgan fingerprint density at radius 2 is 1.69 bits per heavy atom. The van der Waals surface area contributed by atoms with E-state index in [2.05, 4.69) is 93.7 Å². The SMILES string of the molecule is CN1CCC(OC2c3ccccc3CCn3c2nc(-c2ccccc2)c3I)CC1. The molecule has 0 aliphatic carbocycles. The first-order chi connectivity index (χ1) is 14.2. The smallest absolute Gasteiger partial charge is 0.144 e. The van der Waals surface area contributed by atoms with Crippen LogP contribution in [0.1, 0.15) is 35.9 Å². The first-order valence-electron chi connectivity index (χ1n) is 10.4. The van der Waals surface area contributed by atoms with Crippen molar-refractivity contribution in [3.63, 3.8) is 0 Å². The Bertz CT molecular complexity index is 993. The van der Waals surface area contributed by atoms with Crippen LogP contribution in [0, 0.1) is 3.70 Å². The number of imidazole rings is 1. The predicted molar refractivity (Wildman–Crippen MR) is 124 cm³/mol. The minimum absolute atomic E-state index is 0.104. The number of aromatic nitrogens is 2. The highest BCUT2D eigenvalue weighted by atomic mass is 127. The molecule has 2 aromatic carbocycles. The Labute approximate surface area is 186 Å². The highest BCUT2D eigenvalue weighted by Gasteiger charge is 2.32. The van der Waals surface area contributed by atoms with E-state index >= 15 is 0 Å². The molecule has 1 unspecified atom stereocenters. The second-order valence-corrected chi connectivity index (χ2v) is 9.12. The molecular weight excluding hydrogens is 473 g/mol. The highest BCUT2D eigenvalue weighted by Crippen LogP contribution is 2.37. The third kappa shape index (κ3) is 3.76. The fourth-order valence-electron chi connectivity index (χ4n) is 4.48. The molecule has 1 fully saturated rings. The van der Waals surface area contributed by atoms with E-state index in [1.54, 1.807) is 0 Å². The van der Waals surface area contributed by atoms with Gasteiger partial charge in [0.2, 0.25) is 0 Å². The minimum Gasteiger partial charge on any atom is -0.362 e. The van der Waals surface area contributed by atoms with Gasteiger partial charge in [-0.1, -0.05) is 54.6 Å². The fourth-order valence-corrected chi connectivity index (χ4v) is 5.40. The first-order valence-corrected chi connectivity index (χ1v) is 11.5. The Kier molecular flexibility index (Phi) is 5.45. The molecular formula is C24H26IN3O. The molecule has 3 heterocycles. The molecule has 150 valence electrons. The van der Waals surface area contributed by atoms with E-state index in [-0.39, 0.29) is 12.2 Å². The van der Waals surface area contributed by atoms with Gasteiger partial charge in [-0.25, -0.2) is 4.98 Å². The maximum absolute atomic E-state index is 6.80. The molecule has 0 N–H and O–H groups in total. The normalized spacial score (nSPS) is 20.1. The van der Waals surface area contributed by atoms with Crippen molar-refractivity contribution in [1.82, 2.24) is 14.5 Å². The monoisotopic (exact) mass is 499 g/mol. The third-order valence-electron chi connectivity index (χ3n) is 6.15. The zero-order valence-corrected chi connectivity index (χ0v) is 18.9. The van der Waals surface area contributed by atoms with Gasteiger partial charge in [0.25, 0.3) is 0 Å². The number of rotatable bonds is 3. The van der Waals surface area contributed by atoms with E-state index in [0.29, 0.717) is 0 Å². The van der Waals surface area contributed by atoms with Crippen LogP contribution in [0.4, 0.5) is 0 Å². The van der Waals surface area contributed by atoms with Gasteiger partial charge in [-0.2, -0.15) is 0 Å². The molecule has 0 bridgehead atoms. The zero-order valence-electron chi connectivity index (χ0n) is 16.7. The number of aryl methyl sites for hydroxylation is 1. The van der Waals surface area contributed by atoms with Crippen molar-refractivity contribution in [1.29, 1.82) is 0 Å². The summed E-state index contributed by atoms with van der Waals surface area (Å²) in [5.41, 5.74) is 4.90. The Morgan fingerprint density at radius 3 is 2.48 bits per heavy atom. The van der Waals surface area contributed by atoms with Crippen LogP contribution in [-0.2, 0) is 17.7 Å². The number of ether oxygens (including phenoxy) is 1. The summed E-state index contributed by atoms with van der Waals surface area (Å²) in [5.74, 6) is 1.05. The molecule has 1 atom stereocenters. The topological polar surface area (TPSA) is 30.3 Å². The van der Waals surface area contributed by atoms with Gasteiger partial charge in [0.1, 0.15) is 21.3 Å². The van der Waals surface area contributed by atoms with E-state index in [1.165, 1.54) is 20.4 Å². The molecule has 1 saturated heterocycles. The largest absolute Gasteiger partial charge is 0.362 e. The molecule has 4 nitrogen and oxygen atoms in total.